The Hall–Kier alpha value is -2.11. The molecule has 0 radical (unpaired) electrons. The molecule has 110 valence electrons. The van der Waals surface area contributed by atoms with Crippen LogP contribution in [-0.4, -0.2) is 27.5 Å². The highest BCUT2D eigenvalue weighted by Crippen LogP contribution is 2.17. The van der Waals surface area contributed by atoms with Gasteiger partial charge in [0.1, 0.15) is 5.54 Å². The minimum Gasteiger partial charge on any atom is -0.409 e. The van der Waals surface area contributed by atoms with E-state index in [2.05, 4.69) is 15.5 Å². The number of rotatable bonds is 5. The van der Waals surface area contributed by atoms with Gasteiger partial charge < -0.3 is 16.3 Å². The van der Waals surface area contributed by atoms with E-state index in [1.54, 1.807) is 19.1 Å². The molecule has 0 unspecified atom stereocenters. The molecule has 0 aliphatic heterocycles. The van der Waals surface area contributed by atoms with Gasteiger partial charge in [-0.15, -0.1) is 0 Å². The highest BCUT2D eigenvalue weighted by atomic mass is 16.4. The molecule has 6 heteroatoms. The van der Waals surface area contributed by atoms with Crippen LogP contribution in [0.4, 0.5) is 0 Å². The fraction of sp³-hybridized carbons (Fsp3) is 0.500. The summed E-state index contributed by atoms with van der Waals surface area (Å²) in [5.74, 6) is -0.265. The Morgan fingerprint density at radius 3 is 2.45 bits per heavy atom. The first-order valence-corrected chi connectivity index (χ1v) is 6.65. The Morgan fingerprint density at radius 2 is 2.00 bits per heavy atom. The summed E-state index contributed by atoms with van der Waals surface area (Å²) in [4.78, 5) is 16.7. The predicted octanol–water partition coefficient (Wildman–Crippen LogP) is 1.73. The smallest absolute Gasteiger partial charge is 0.253 e. The molecule has 0 aliphatic carbocycles. The molecule has 0 aliphatic rings. The van der Waals surface area contributed by atoms with Gasteiger partial charge in [0.15, 0.2) is 5.84 Å². The Morgan fingerprint density at radius 1 is 1.40 bits per heavy atom. The lowest BCUT2D eigenvalue weighted by atomic mass is 9.91. The number of carbonyl (C=O) groups is 1. The maximum Gasteiger partial charge on any atom is 0.253 e. The molecular weight excluding hydrogens is 256 g/mol. The minimum atomic E-state index is -0.844. The second-order valence-corrected chi connectivity index (χ2v) is 4.81. The van der Waals surface area contributed by atoms with Crippen LogP contribution in [0.1, 0.15) is 48.4 Å². The molecule has 1 aromatic heterocycles. The fourth-order valence-electron chi connectivity index (χ4n) is 2.16. The first kappa shape index (κ1) is 15.9. The fourth-order valence-corrected chi connectivity index (χ4v) is 2.16. The second-order valence-electron chi connectivity index (χ2n) is 4.81. The Labute approximate surface area is 119 Å². The molecule has 0 saturated carbocycles. The molecule has 6 nitrogen and oxygen atoms in total. The van der Waals surface area contributed by atoms with Gasteiger partial charge in [-0.2, -0.15) is 0 Å². The van der Waals surface area contributed by atoms with Gasteiger partial charge in [-0.1, -0.05) is 19.0 Å². The molecule has 1 heterocycles. The van der Waals surface area contributed by atoms with Crippen molar-refractivity contribution in [3.8, 4) is 0 Å². The van der Waals surface area contributed by atoms with E-state index in [-0.39, 0.29) is 11.7 Å². The van der Waals surface area contributed by atoms with Crippen LogP contribution < -0.4 is 11.1 Å². The molecule has 0 spiro atoms. The number of hydrogen-bond donors (Lipinski definition) is 3. The van der Waals surface area contributed by atoms with E-state index in [1.165, 1.54) is 0 Å². The Kier molecular flexibility index (Phi) is 5.07. The normalized spacial score (nSPS) is 12.3. The summed E-state index contributed by atoms with van der Waals surface area (Å²) in [6, 6.07) is 3.51. The third-order valence-corrected chi connectivity index (χ3v) is 3.63. The van der Waals surface area contributed by atoms with Crippen LogP contribution in [0.5, 0.6) is 0 Å². The van der Waals surface area contributed by atoms with E-state index in [0.29, 0.717) is 24.1 Å². The van der Waals surface area contributed by atoms with Gasteiger partial charge in [0.25, 0.3) is 5.91 Å². The molecule has 0 bridgehead atoms. The second kappa shape index (κ2) is 6.36. The lowest BCUT2D eigenvalue weighted by molar-refractivity contribution is 0.0916. The number of oxime groups is 1. The van der Waals surface area contributed by atoms with E-state index < -0.39 is 5.54 Å². The number of pyridine rings is 1. The minimum absolute atomic E-state index is 0.00794. The van der Waals surface area contributed by atoms with Gasteiger partial charge in [-0.25, -0.2) is 0 Å². The van der Waals surface area contributed by atoms with E-state index in [4.69, 9.17) is 10.9 Å². The van der Waals surface area contributed by atoms with Gasteiger partial charge in [-0.3, -0.25) is 9.78 Å². The van der Waals surface area contributed by atoms with Gasteiger partial charge in [0.2, 0.25) is 0 Å². The first-order valence-electron chi connectivity index (χ1n) is 6.65. The maximum atomic E-state index is 12.4. The lowest BCUT2D eigenvalue weighted by Gasteiger charge is -2.31. The number of nitrogens with two attached hydrogens (primary N) is 1. The third kappa shape index (κ3) is 3.07. The molecule has 0 fully saturated rings. The quantitative estimate of drug-likeness (QED) is 0.330. The van der Waals surface area contributed by atoms with Crippen molar-refractivity contribution in [2.24, 2.45) is 10.9 Å². The van der Waals surface area contributed by atoms with E-state index >= 15 is 0 Å². The number of nitrogens with one attached hydrogen (secondary N) is 1. The largest absolute Gasteiger partial charge is 0.409 e. The van der Waals surface area contributed by atoms with Gasteiger partial charge in [-0.05, 0) is 38.8 Å². The van der Waals surface area contributed by atoms with Gasteiger partial charge >= 0.3 is 0 Å². The standard InChI is InChI=1S/C14H22N4O2/c1-5-14(6-2,13(15)18-20)17-12(19)11-8-7-9(3)16-10(11)4/h7-8,20H,5-6H2,1-4H3,(H2,15,18)(H,17,19). The molecule has 20 heavy (non-hydrogen) atoms. The van der Waals surface area contributed by atoms with Crippen molar-refractivity contribution < 1.29 is 10.0 Å². The summed E-state index contributed by atoms with van der Waals surface area (Å²) in [6.45, 7) is 7.41. The van der Waals surface area contributed by atoms with Gasteiger partial charge in [0, 0.05) is 5.69 Å². The molecular formula is C14H22N4O2. The molecule has 1 rings (SSSR count). The molecule has 0 aromatic carbocycles. The number of aromatic nitrogens is 1. The molecule has 0 atom stereocenters. The molecule has 4 N–H and O–H groups in total. The van der Waals surface area contributed by atoms with Crippen LogP contribution in [0, 0.1) is 13.8 Å². The number of amides is 1. The monoisotopic (exact) mass is 278 g/mol. The SMILES string of the molecule is CCC(CC)(NC(=O)c1ccc(C)nc1C)C(N)=NO. The van der Waals surface area contributed by atoms with Crippen molar-refractivity contribution in [2.75, 3.05) is 0 Å². The van der Waals surface area contributed by atoms with Crippen LogP contribution in [0.15, 0.2) is 17.3 Å². The van der Waals surface area contributed by atoms with E-state index in [0.717, 1.165) is 5.69 Å². The molecule has 0 saturated heterocycles. The summed E-state index contributed by atoms with van der Waals surface area (Å²) >= 11 is 0. The van der Waals surface area contributed by atoms with Gasteiger partial charge in [0.05, 0.1) is 11.3 Å². The molecule has 1 amide bonds. The summed E-state index contributed by atoms with van der Waals surface area (Å²) in [7, 11) is 0. The third-order valence-electron chi connectivity index (χ3n) is 3.63. The van der Waals surface area contributed by atoms with Crippen molar-refractivity contribution in [3.63, 3.8) is 0 Å². The maximum absolute atomic E-state index is 12.4. The van der Waals surface area contributed by atoms with Crippen LogP contribution in [0.25, 0.3) is 0 Å². The average molecular weight is 278 g/mol. The van der Waals surface area contributed by atoms with Crippen molar-refractivity contribution in [1.82, 2.24) is 10.3 Å². The Bertz CT molecular complexity index is 522. The summed E-state index contributed by atoms with van der Waals surface area (Å²) in [6.07, 6.45) is 1.06. The first-order chi connectivity index (χ1) is 9.40. The Balaban J connectivity index is 3.09. The van der Waals surface area contributed by atoms with Crippen molar-refractivity contribution in [1.29, 1.82) is 0 Å². The number of carbonyl (C=O) groups excluding carboxylic acids is 1. The van der Waals surface area contributed by atoms with Crippen LogP contribution >= 0.6 is 0 Å². The van der Waals surface area contributed by atoms with Crippen molar-refractivity contribution in [3.05, 3.63) is 29.1 Å². The van der Waals surface area contributed by atoms with Crippen LogP contribution in [-0.2, 0) is 0 Å². The lowest BCUT2D eigenvalue weighted by Crippen LogP contribution is -2.57. The average Bonchev–Trinajstić information content (AvgIpc) is 2.43. The van der Waals surface area contributed by atoms with Crippen LogP contribution in [0.2, 0.25) is 0 Å². The van der Waals surface area contributed by atoms with E-state index in [1.807, 2.05) is 20.8 Å². The van der Waals surface area contributed by atoms with E-state index in [9.17, 15) is 4.79 Å². The zero-order valence-corrected chi connectivity index (χ0v) is 12.4. The highest BCUT2D eigenvalue weighted by Gasteiger charge is 2.33. The zero-order valence-electron chi connectivity index (χ0n) is 12.4. The topological polar surface area (TPSA) is 101 Å². The number of nitrogens with zero attached hydrogens (tertiary/aromatic N) is 2. The number of amidine groups is 1. The summed E-state index contributed by atoms with van der Waals surface area (Å²) in [5.41, 5.74) is 6.89. The number of aryl methyl sites for hydroxylation is 2. The number of hydrogen-bond acceptors (Lipinski definition) is 4. The predicted molar refractivity (Wildman–Crippen MR) is 77.9 cm³/mol. The summed E-state index contributed by atoms with van der Waals surface area (Å²) in [5, 5.41) is 14.8. The van der Waals surface area contributed by atoms with Crippen molar-refractivity contribution in [2.45, 2.75) is 46.1 Å². The van der Waals surface area contributed by atoms with Crippen LogP contribution in [0.3, 0.4) is 0 Å². The highest BCUT2D eigenvalue weighted by molar-refractivity contribution is 6.00. The zero-order chi connectivity index (χ0) is 15.3. The molecule has 1 aromatic rings. The summed E-state index contributed by atoms with van der Waals surface area (Å²) < 4.78 is 0. The van der Waals surface area contributed by atoms with Crippen molar-refractivity contribution >= 4 is 11.7 Å².